The number of benzene rings is 3. The van der Waals surface area contributed by atoms with Gasteiger partial charge in [0.05, 0.1) is 18.5 Å². The number of nitrogens with one attached hydrogen (secondary N) is 6. The number of aliphatic imine (C=N–C) groups is 1. The van der Waals surface area contributed by atoms with Crippen molar-refractivity contribution in [3.8, 4) is 11.1 Å². The summed E-state index contributed by atoms with van der Waals surface area (Å²) in [5.74, 6) is -6.49. The summed E-state index contributed by atoms with van der Waals surface area (Å²) in [6, 6.07) is 15.4. The van der Waals surface area contributed by atoms with Gasteiger partial charge in [-0.2, -0.15) is 0 Å². The number of hydrogen-bond acceptors (Lipinski definition) is 8. The second-order valence-corrected chi connectivity index (χ2v) is 13.4. The van der Waals surface area contributed by atoms with Crippen LogP contribution in [0.3, 0.4) is 0 Å². The number of primary amides is 1. The molecule has 6 amide bonds. The van der Waals surface area contributed by atoms with Crippen LogP contribution in [-0.2, 0) is 41.6 Å². The first kappa shape index (κ1) is 40.9. The lowest BCUT2D eigenvalue weighted by atomic mass is 9.98. The predicted molar refractivity (Wildman–Crippen MR) is 209 cm³/mol. The van der Waals surface area contributed by atoms with Crippen molar-refractivity contribution < 1.29 is 38.7 Å². The smallest absolute Gasteiger partial charge is 0.305 e. The number of amides is 6. The Kier molecular flexibility index (Phi) is 13.6. The van der Waals surface area contributed by atoms with Gasteiger partial charge >= 0.3 is 5.97 Å². The Morgan fingerprint density at radius 2 is 1.46 bits per heavy atom. The Morgan fingerprint density at radius 3 is 2.14 bits per heavy atom. The van der Waals surface area contributed by atoms with Crippen LogP contribution in [0.15, 0.2) is 84.0 Å². The number of aromatic nitrogens is 1. The largest absolute Gasteiger partial charge is 0.481 e. The average molecular weight is 781 g/mol. The van der Waals surface area contributed by atoms with Gasteiger partial charge in [0.2, 0.25) is 29.5 Å². The first-order chi connectivity index (χ1) is 27.3. The monoisotopic (exact) mass is 780 g/mol. The molecule has 6 bridgehead atoms. The third-order valence-corrected chi connectivity index (χ3v) is 9.28. The van der Waals surface area contributed by atoms with Crippen molar-refractivity contribution in [2.75, 3.05) is 13.1 Å². The van der Waals surface area contributed by atoms with Gasteiger partial charge in [-0.15, -0.1) is 0 Å². The molecule has 0 saturated heterocycles. The van der Waals surface area contributed by atoms with E-state index in [9.17, 15) is 38.7 Å². The maximum atomic E-state index is 13.9. The van der Waals surface area contributed by atoms with Crippen molar-refractivity contribution in [2.45, 2.75) is 56.3 Å². The summed E-state index contributed by atoms with van der Waals surface area (Å²) in [6.07, 6.45) is 1.09. The molecule has 0 radical (unpaired) electrons. The van der Waals surface area contributed by atoms with E-state index >= 15 is 0 Å². The minimum absolute atomic E-state index is 0.0216. The highest BCUT2D eigenvalue weighted by Crippen LogP contribution is 2.30. The number of nitrogens with zero attached hydrogens (tertiary/aromatic N) is 1. The highest BCUT2D eigenvalue weighted by atomic mass is 16.4. The first-order valence-corrected chi connectivity index (χ1v) is 18.1. The zero-order valence-corrected chi connectivity index (χ0v) is 30.7. The van der Waals surface area contributed by atoms with Crippen LogP contribution in [0, 0.1) is 0 Å². The summed E-state index contributed by atoms with van der Waals surface area (Å²) < 4.78 is 0. The van der Waals surface area contributed by atoms with Crippen LogP contribution in [-0.4, -0.2) is 94.7 Å². The number of aromatic amines is 1. The Morgan fingerprint density at radius 1 is 0.754 bits per heavy atom. The van der Waals surface area contributed by atoms with Crippen LogP contribution in [0.5, 0.6) is 0 Å². The zero-order chi connectivity index (χ0) is 41.1. The van der Waals surface area contributed by atoms with Crippen molar-refractivity contribution in [3.05, 3.63) is 95.7 Å². The van der Waals surface area contributed by atoms with Crippen LogP contribution in [0.2, 0.25) is 0 Å². The van der Waals surface area contributed by atoms with Gasteiger partial charge < -0.3 is 53.9 Å². The number of rotatable bonds is 9. The summed E-state index contributed by atoms with van der Waals surface area (Å²) in [4.78, 5) is 99.1. The second kappa shape index (κ2) is 18.9. The van der Waals surface area contributed by atoms with E-state index in [-0.39, 0.29) is 43.8 Å². The van der Waals surface area contributed by atoms with E-state index in [1.807, 2.05) is 18.2 Å². The standard InChI is InChI=1S/C39H44N10O8/c40-34(53)28-17-24-19-44-33-25(8-4-9-26(24)33)22-11-13-23(14-12-22)35(54)47-27(10-5-15-43-39(41)42)36(55)45-20-31(50)46-30(18-32(51)52)38(57)49-29(37(56)48-28)16-21-6-2-1-3-7-21/h1-4,6-9,11-14,19,27-30,44H,5,10,15-18,20H2,(H2,40,53)(H,45,55)(H,46,50)(H,47,54)(H,48,56)(H,49,57)(H,51,52)(H4,41,42,43)/t27-,28+,29-,30-/m0/s1. The molecule has 0 fully saturated rings. The number of fused-ring (bicyclic) bond motifs is 17. The molecule has 4 aromatic rings. The van der Waals surface area contributed by atoms with Gasteiger partial charge in [-0.1, -0.05) is 60.7 Å². The predicted octanol–water partition coefficient (Wildman–Crippen LogP) is -0.684. The molecule has 18 heteroatoms. The normalized spacial score (nSPS) is 19.7. The van der Waals surface area contributed by atoms with Crippen molar-refractivity contribution in [1.82, 2.24) is 31.6 Å². The summed E-state index contributed by atoms with van der Waals surface area (Å²) >= 11 is 0. The molecule has 0 saturated carbocycles. The van der Waals surface area contributed by atoms with E-state index < -0.39 is 78.5 Å². The molecule has 4 atom stereocenters. The quantitative estimate of drug-likeness (QED) is 0.0442. The molecule has 3 heterocycles. The first-order valence-electron chi connectivity index (χ1n) is 18.1. The molecule has 57 heavy (non-hydrogen) atoms. The Balaban J connectivity index is 1.51. The second-order valence-electron chi connectivity index (χ2n) is 13.4. The van der Waals surface area contributed by atoms with E-state index in [0.717, 1.165) is 16.5 Å². The number of carbonyl (C=O) groups excluding carboxylic acids is 6. The summed E-state index contributed by atoms with van der Waals surface area (Å²) in [5.41, 5.74) is 20.4. The fourth-order valence-corrected chi connectivity index (χ4v) is 6.40. The zero-order valence-electron chi connectivity index (χ0n) is 30.7. The summed E-state index contributed by atoms with van der Waals surface area (Å²) in [7, 11) is 0. The summed E-state index contributed by atoms with van der Waals surface area (Å²) in [5, 5.41) is 22.9. The number of guanidine groups is 1. The maximum absolute atomic E-state index is 13.9. The third kappa shape index (κ3) is 11.2. The Labute approximate surface area is 326 Å². The lowest BCUT2D eigenvalue weighted by Gasteiger charge is -2.25. The molecule has 18 nitrogen and oxygen atoms in total. The molecule has 2 aliphatic rings. The average Bonchev–Trinajstić information content (AvgIpc) is 3.59. The van der Waals surface area contributed by atoms with E-state index in [4.69, 9.17) is 17.2 Å². The minimum Gasteiger partial charge on any atom is -0.481 e. The molecule has 13 N–H and O–H groups in total. The number of carboxylic acid groups (broad SMARTS) is 1. The molecular weight excluding hydrogens is 736 g/mol. The molecule has 3 aromatic carbocycles. The molecule has 1 aromatic heterocycles. The van der Waals surface area contributed by atoms with Crippen LogP contribution in [0.1, 0.15) is 40.7 Å². The number of H-pyrrole nitrogens is 1. The SMILES string of the molecule is NC(=O)[C@H]1Cc2c[nH]c3c(cccc23)-c2ccc(cc2)C(=O)N[C@@H](CCCN=C(N)N)C(=O)NCC(=O)N[C@@H](CC(=O)O)C(=O)N[C@@H](Cc2ccccc2)C(=O)N1. The molecule has 0 spiro atoms. The number of nitrogens with two attached hydrogens (primary N) is 3. The lowest BCUT2D eigenvalue weighted by Crippen LogP contribution is -2.58. The van der Waals surface area contributed by atoms with Gasteiger partial charge in [0.15, 0.2) is 5.96 Å². The molecule has 6 rings (SSSR count). The van der Waals surface area contributed by atoms with Gasteiger partial charge in [0.25, 0.3) is 5.91 Å². The van der Waals surface area contributed by atoms with E-state index in [1.54, 1.807) is 60.8 Å². The van der Waals surface area contributed by atoms with Gasteiger partial charge in [0, 0.05) is 42.1 Å². The maximum Gasteiger partial charge on any atom is 0.305 e. The fourth-order valence-electron chi connectivity index (χ4n) is 6.40. The van der Waals surface area contributed by atoms with E-state index in [2.05, 4.69) is 36.6 Å². The van der Waals surface area contributed by atoms with Crippen LogP contribution < -0.4 is 43.8 Å². The van der Waals surface area contributed by atoms with Crippen molar-refractivity contribution in [1.29, 1.82) is 0 Å². The van der Waals surface area contributed by atoms with Gasteiger partial charge in [-0.05, 0) is 41.7 Å². The lowest BCUT2D eigenvalue weighted by molar-refractivity contribution is -0.141. The minimum atomic E-state index is -1.69. The summed E-state index contributed by atoms with van der Waals surface area (Å²) in [6.45, 7) is -0.543. The molecule has 0 unspecified atom stereocenters. The van der Waals surface area contributed by atoms with Crippen LogP contribution >= 0.6 is 0 Å². The van der Waals surface area contributed by atoms with Crippen LogP contribution in [0.25, 0.3) is 22.0 Å². The Hall–Kier alpha value is -7.24. The number of carboxylic acids is 1. The number of para-hydroxylation sites is 1. The molecule has 2 aliphatic heterocycles. The highest BCUT2D eigenvalue weighted by Gasteiger charge is 2.31. The number of carbonyl (C=O) groups is 7. The fraction of sp³-hybridized carbons (Fsp3) is 0.282. The number of aliphatic carboxylic acids is 1. The van der Waals surface area contributed by atoms with E-state index in [1.165, 1.54) is 0 Å². The van der Waals surface area contributed by atoms with Crippen LogP contribution in [0.4, 0.5) is 0 Å². The topological polar surface area (TPSA) is 306 Å². The molecule has 298 valence electrons. The molecule has 0 aliphatic carbocycles. The van der Waals surface area contributed by atoms with Crippen molar-refractivity contribution in [2.24, 2.45) is 22.2 Å². The van der Waals surface area contributed by atoms with Gasteiger partial charge in [-0.3, -0.25) is 38.6 Å². The van der Waals surface area contributed by atoms with Gasteiger partial charge in [0.1, 0.15) is 24.2 Å². The number of hydrogen-bond donors (Lipinski definition) is 10. The molecular formula is C39H44N10O8. The van der Waals surface area contributed by atoms with E-state index in [0.29, 0.717) is 16.6 Å². The Bertz CT molecular complexity index is 2170. The highest BCUT2D eigenvalue weighted by molar-refractivity contribution is 6.01. The van der Waals surface area contributed by atoms with Gasteiger partial charge in [-0.25, -0.2) is 0 Å². The van der Waals surface area contributed by atoms with Crippen molar-refractivity contribution >= 4 is 58.3 Å². The van der Waals surface area contributed by atoms with Crippen molar-refractivity contribution in [3.63, 3.8) is 0 Å². The third-order valence-electron chi connectivity index (χ3n) is 9.28.